The van der Waals surface area contributed by atoms with Gasteiger partial charge in [-0.1, -0.05) is 30.3 Å². The first-order chi connectivity index (χ1) is 9.63. The van der Waals surface area contributed by atoms with E-state index < -0.39 is 9.84 Å². The first kappa shape index (κ1) is 13.2. The average Bonchev–Trinajstić information content (AvgIpc) is 3.29. The molecule has 0 radical (unpaired) electrons. The molecule has 2 aromatic carbocycles. The maximum atomic E-state index is 12.5. The number of ether oxygens (including phenoxy) is 1. The van der Waals surface area contributed by atoms with Crippen molar-refractivity contribution in [2.75, 3.05) is 7.11 Å². The third kappa shape index (κ3) is 2.31. The van der Waals surface area contributed by atoms with Crippen LogP contribution in [-0.4, -0.2) is 20.8 Å². The van der Waals surface area contributed by atoms with Crippen molar-refractivity contribution in [3.05, 3.63) is 60.2 Å². The van der Waals surface area contributed by atoms with Crippen LogP contribution in [0.3, 0.4) is 0 Å². The summed E-state index contributed by atoms with van der Waals surface area (Å²) in [6, 6.07) is 16.4. The van der Waals surface area contributed by atoms with Crippen molar-refractivity contribution in [2.45, 2.75) is 22.5 Å². The van der Waals surface area contributed by atoms with Gasteiger partial charge in [-0.15, -0.1) is 0 Å². The lowest BCUT2D eigenvalue weighted by atomic mass is 10.1. The Kier molecular flexibility index (Phi) is 3.26. The number of hydrogen-bond donors (Lipinski definition) is 0. The molecule has 2 aromatic rings. The highest BCUT2D eigenvalue weighted by Crippen LogP contribution is 2.48. The van der Waals surface area contributed by atoms with Gasteiger partial charge in [0.15, 0.2) is 9.84 Å². The number of hydrogen-bond acceptors (Lipinski definition) is 3. The Labute approximate surface area is 119 Å². The predicted molar refractivity (Wildman–Crippen MR) is 77.8 cm³/mol. The minimum atomic E-state index is -3.24. The number of benzene rings is 2. The quantitative estimate of drug-likeness (QED) is 0.868. The van der Waals surface area contributed by atoms with Crippen LogP contribution in [0.2, 0.25) is 0 Å². The molecular weight excluding hydrogens is 272 g/mol. The van der Waals surface area contributed by atoms with Crippen LogP contribution in [-0.2, 0) is 9.84 Å². The molecule has 1 aliphatic carbocycles. The van der Waals surface area contributed by atoms with E-state index in [1.807, 2.05) is 30.3 Å². The largest absolute Gasteiger partial charge is 0.497 e. The number of sulfone groups is 1. The Hall–Kier alpha value is -1.81. The maximum Gasteiger partial charge on any atom is 0.181 e. The fourth-order valence-corrected chi connectivity index (χ4v) is 4.42. The van der Waals surface area contributed by atoms with E-state index in [1.165, 1.54) is 0 Å². The van der Waals surface area contributed by atoms with E-state index in [4.69, 9.17) is 4.74 Å². The predicted octanol–water partition coefficient (Wildman–Crippen LogP) is 3.03. The van der Waals surface area contributed by atoms with Crippen molar-refractivity contribution in [3.8, 4) is 5.75 Å². The van der Waals surface area contributed by atoms with Gasteiger partial charge in [0, 0.05) is 5.92 Å². The van der Waals surface area contributed by atoms with Gasteiger partial charge in [-0.25, -0.2) is 8.42 Å². The van der Waals surface area contributed by atoms with Crippen LogP contribution in [0, 0.1) is 0 Å². The van der Waals surface area contributed by atoms with Crippen LogP contribution in [0.15, 0.2) is 59.5 Å². The molecule has 0 N–H and O–H groups in total. The van der Waals surface area contributed by atoms with Gasteiger partial charge in [0.25, 0.3) is 0 Å². The van der Waals surface area contributed by atoms with Crippen molar-refractivity contribution >= 4 is 9.84 Å². The van der Waals surface area contributed by atoms with Gasteiger partial charge in [0.1, 0.15) is 5.75 Å². The molecule has 2 atom stereocenters. The van der Waals surface area contributed by atoms with Gasteiger partial charge < -0.3 is 4.74 Å². The summed E-state index contributed by atoms with van der Waals surface area (Å²) in [7, 11) is -1.68. The number of rotatable bonds is 4. The molecule has 20 heavy (non-hydrogen) atoms. The second kappa shape index (κ2) is 4.94. The summed E-state index contributed by atoms with van der Waals surface area (Å²) in [5, 5.41) is -0.293. The van der Waals surface area contributed by atoms with E-state index >= 15 is 0 Å². The van der Waals surface area contributed by atoms with Gasteiger partial charge in [-0.3, -0.25) is 0 Å². The second-order valence-electron chi connectivity index (χ2n) is 5.01. The molecule has 0 amide bonds. The Bertz CT molecular complexity index is 690. The van der Waals surface area contributed by atoms with Crippen LogP contribution < -0.4 is 4.74 Å². The van der Waals surface area contributed by atoms with Gasteiger partial charge >= 0.3 is 0 Å². The lowest BCUT2D eigenvalue weighted by Gasteiger charge is -2.05. The van der Waals surface area contributed by atoms with Crippen LogP contribution in [0.5, 0.6) is 5.75 Å². The van der Waals surface area contributed by atoms with E-state index in [9.17, 15) is 8.42 Å². The van der Waals surface area contributed by atoms with Crippen molar-refractivity contribution in [1.82, 2.24) is 0 Å². The Balaban J connectivity index is 1.83. The summed E-state index contributed by atoms with van der Waals surface area (Å²) in [5.74, 6) is 0.794. The number of methoxy groups -OCH3 is 1. The summed E-state index contributed by atoms with van der Waals surface area (Å²) in [6.07, 6.45) is 0.707. The monoisotopic (exact) mass is 288 g/mol. The molecular formula is C16H16O3S. The van der Waals surface area contributed by atoms with Gasteiger partial charge in [-0.2, -0.15) is 0 Å². The van der Waals surface area contributed by atoms with E-state index in [-0.39, 0.29) is 11.2 Å². The molecule has 0 saturated heterocycles. The van der Waals surface area contributed by atoms with Crippen molar-refractivity contribution < 1.29 is 13.2 Å². The smallest absolute Gasteiger partial charge is 0.181 e. The van der Waals surface area contributed by atoms with Gasteiger partial charge in [0.2, 0.25) is 0 Å². The summed E-state index contributed by atoms with van der Waals surface area (Å²) in [6.45, 7) is 0. The van der Waals surface area contributed by atoms with Gasteiger partial charge in [0.05, 0.1) is 17.3 Å². The summed E-state index contributed by atoms with van der Waals surface area (Å²) in [4.78, 5) is 0.377. The summed E-state index contributed by atoms with van der Waals surface area (Å²) < 4.78 is 30.1. The van der Waals surface area contributed by atoms with Crippen molar-refractivity contribution in [2.24, 2.45) is 0 Å². The zero-order valence-electron chi connectivity index (χ0n) is 11.2. The molecule has 3 rings (SSSR count). The average molecular weight is 288 g/mol. The fraction of sp³-hybridized carbons (Fsp3) is 0.250. The van der Waals surface area contributed by atoms with E-state index in [1.54, 1.807) is 31.4 Å². The van der Waals surface area contributed by atoms with Crippen molar-refractivity contribution in [3.63, 3.8) is 0 Å². The molecule has 1 saturated carbocycles. The molecule has 0 unspecified atom stereocenters. The molecule has 0 aromatic heterocycles. The molecule has 104 valence electrons. The minimum absolute atomic E-state index is 0.128. The molecule has 4 heteroatoms. The van der Waals surface area contributed by atoms with Crippen LogP contribution in [0.25, 0.3) is 0 Å². The molecule has 1 fully saturated rings. The van der Waals surface area contributed by atoms with E-state index in [0.717, 1.165) is 5.56 Å². The Morgan fingerprint density at radius 1 is 1.00 bits per heavy atom. The topological polar surface area (TPSA) is 43.4 Å². The Morgan fingerprint density at radius 2 is 1.65 bits per heavy atom. The molecule has 0 bridgehead atoms. The lowest BCUT2D eigenvalue weighted by Crippen LogP contribution is -2.09. The highest BCUT2D eigenvalue weighted by Gasteiger charge is 2.48. The highest BCUT2D eigenvalue weighted by molar-refractivity contribution is 7.92. The molecule has 0 aliphatic heterocycles. The van der Waals surface area contributed by atoms with Crippen LogP contribution in [0.1, 0.15) is 17.9 Å². The molecule has 1 aliphatic rings. The third-order valence-electron chi connectivity index (χ3n) is 3.75. The Morgan fingerprint density at radius 3 is 2.25 bits per heavy atom. The van der Waals surface area contributed by atoms with Crippen LogP contribution >= 0.6 is 0 Å². The zero-order valence-corrected chi connectivity index (χ0v) is 12.0. The van der Waals surface area contributed by atoms with E-state index in [2.05, 4.69) is 0 Å². The molecule has 3 nitrogen and oxygen atoms in total. The normalized spacial score (nSPS) is 21.4. The SMILES string of the molecule is COc1ccc(S(=O)(=O)[C@H]2C[C@@H]2c2ccccc2)cc1. The first-order valence-corrected chi connectivity index (χ1v) is 8.10. The maximum absolute atomic E-state index is 12.5. The zero-order chi connectivity index (χ0) is 14.2. The fourth-order valence-electron chi connectivity index (χ4n) is 2.51. The van der Waals surface area contributed by atoms with Crippen molar-refractivity contribution in [1.29, 1.82) is 0 Å². The summed E-state index contributed by atoms with van der Waals surface area (Å²) >= 11 is 0. The molecule has 0 heterocycles. The first-order valence-electron chi connectivity index (χ1n) is 6.56. The van der Waals surface area contributed by atoms with Gasteiger partial charge in [-0.05, 0) is 36.2 Å². The lowest BCUT2D eigenvalue weighted by molar-refractivity contribution is 0.414. The standard InChI is InChI=1S/C16H16O3S/c1-19-13-7-9-14(10-8-13)20(17,18)16-11-15(16)12-5-3-2-4-6-12/h2-10,15-16H,11H2,1H3/t15-,16+/m1/s1. The molecule has 0 spiro atoms. The second-order valence-corrected chi connectivity index (χ2v) is 7.18. The van der Waals surface area contributed by atoms with Crippen LogP contribution in [0.4, 0.5) is 0 Å². The third-order valence-corrected chi connectivity index (χ3v) is 5.99. The minimum Gasteiger partial charge on any atom is -0.497 e. The van der Waals surface area contributed by atoms with E-state index in [0.29, 0.717) is 17.1 Å². The summed E-state index contributed by atoms with van der Waals surface area (Å²) in [5.41, 5.74) is 1.11. The highest BCUT2D eigenvalue weighted by atomic mass is 32.2.